The molecule has 17 heavy (non-hydrogen) atoms. The summed E-state index contributed by atoms with van der Waals surface area (Å²) in [6.45, 7) is 6.80. The van der Waals surface area contributed by atoms with Crippen molar-refractivity contribution in [2.75, 3.05) is 6.54 Å². The van der Waals surface area contributed by atoms with Gasteiger partial charge >= 0.3 is 0 Å². The molecular formula is C14H23NO2. The summed E-state index contributed by atoms with van der Waals surface area (Å²) in [4.78, 5) is 12.0. The van der Waals surface area contributed by atoms with Gasteiger partial charge in [0.2, 0.25) is 5.91 Å². The molecule has 1 fully saturated rings. The highest BCUT2D eigenvalue weighted by atomic mass is 16.5. The van der Waals surface area contributed by atoms with Crippen molar-refractivity contribution >= 4 is 5.91 Å². The maximum atomic E-state index is 12.0. The van der Waals surface area contributed by atoms with Gasteiger partial charge in [0.25, 0.3) is 0 Å². The monoisotopic (exact) mass is 237 g/mol. The van der Waals surface area contributed by atoms with Gasteiger partial charge in [-0.1, -0.05) is 6.92 Å². The minimum Gasteiger partial charge on any atom is -0.374 e. The molecule has 1 saturated heterocycles. The lowest BCUT2D eigenvalue weighted by Crippen LogP contribution is -2.37. The first kappa shape index (κ1) is 14.1. The SMILES string of the molecule is C#CCCCCNC(=O)C1C(C)OC(C)C1C. The van der Waals surface area contributed by atoms with Gasteiger partial charge in [0.1, 0.15) is 0 Å². The Morgan fingerprint density at radius 3 is 2.53 bits per heavy atom. The molecule has 1 rings (SSSR count). The molecule has 4 atom stereocenters. The van der Waals surface area contributed by atoms with Crippen molar-refractivity contribution in [3.8, 4) is 12.3 Å². The molecular weight excluding hydrogens is 214 g/mol. The van der Waals surface area contributed by atoms with Crippen LogP contribution in [0.25, 0.3) is 0 Å². The van der Waals surface area contributed by atoms with Crippen molar-refractivity contribution in [3.05, 3.63) is 0 Å². The first-order valence-corrected chi connectivity index (χ1v) is 6.44. The number of hydrogen-bond acceptors (Lipinski definition) is 2. The van der Waals surface area contributed by atoms with E-state index in [0.29, 0.717) is 6.54 Å². The Bertz CT molecular complexity index is 295. The average molecular weight is 237 g/mol. The van der Waals surface area contributed by atoms with Gasteiger partial charge in [0.15, 0.2) is 0 Å². The van der Waals surface area contributed by atoms with E-state index >= 15 is 0 Å². The highest BCUT2D eigenvalue weighted by Crippen LogP contribution is 2.32. The second-order valence-corrected chi connectivity index (χ2v) is 4.88. The van der Waals surface area contributed by atoms with Crippen molar-refractivity contribution in [2.45, 2.75) is 52.2 Å². The number of nitrogens with one attached hydrogen (secondary N) is 1. The van der Waals surface area contributed by atoms with E-state index in [1.807, 2.05) is 13.8 Å². The summed E-state index contributed by atoms with van der Waals surface area (Å²) in [5.74, 6) is 2.99. The van der Waals surface area contributed by atoms with Crippen LogP contribution in [-0.4, -0.2) is 24.7 Å². The Kier molecular flexibility index (Phi) is 5.50. The number of carbonyl (C=O) groups excluding carboxylic acids is 1. The summed E-state index contributed by atoms with van der Waals surface area (Å²) < 4.78 is 5.66. The Morgan fingerprint density at radius 2 is 2.00 bits per heavy atom. The van der Waals surface area contributed by atoms with Crippen LogP contribution in [0.2, 0.25) is 0 Å². The maximum Gasteiger partial charge on any atom is 0.226 e. The quantitative estimate of drug-likeness (QED) is 0.586. The minimum absolute atomic E-state index is 0.0161. The minimum atomic E-state index is -0.0161. The van der Waals surface area contributed by atoms with E-state index in [-0.39, 0.29) is 30.0 Å². The number of unbranched alkanes of at least 4 members (excludes halogenated alkanes) is 2. The van der Waals surface area contributed by atoms with E-state index in [9.17, 15) is 4.79 Å². The van der Waals surface area contributed by atoms with E-state index in [4.69, 9.17) is 11.2 Å². The Morgan fingerprint density at radius 1 is 1.29 bits per heavy atom. The molecule has 0 aromatic carbocycles. The number of terminal acetylenes is 1. The Balaban J connectivity index is 2.30. The van der Waals surface area contributed by atoms with Crippen LogP contribution >= 0.6 is 0 Å². The lowest BCUT2D eigenvalue weighted by molar-refractivity contribution is -0.127. The van der Waals surface area contributed by atoms with Gasteiger partial charge < -0.3 is 10.1 Å². The maximum absolute atomic E-state index is 12.0. The molecule has 0 aromatic rings. The highest BCUT2D eigenvalue weighted by Gasteiger charge is 2.41. The van der Waals surface area contributed by atoms with Gasteiger partial charge in [-0.2, -0.15) is 0 Å². The number of rotatable bonds is 5. The van der Waals surface area contributed by atoms with Crippen LogP contribution in [-0.2, 0) is 9.53 Å². The van der Waals surface area contributed by atoms with Crippen molar-refractivity contribution < 1.29 is 9.53 Å². The predicted octanol–water partition coefficient (Wildman–Crippen LogP) is 1.97. The first-order chi connectivity index (χ1) is 8.07. The van der Waals surface area contributed by atoms with Crippen LogP contribution in [0.4, 0.5) is 0 Å². The molecule has 96 valence electrons. The second kappa shape index (κ2) is 6.66. The summed E-state index contributed by atoms with van der Waals surface area (Å²) in [6, 6.07) is 0. The largest absolute Gasteiger partial charge is 0.374 e. The average Bonchev–Trinajstić information content (AvgIpc) is 2.53. The molecule has 0 radical (unpaired) electrons. The molecule has 3 nitrogen and oxygen atoms in total. The lowest BCUT2D eigenvalue weighted by Gasteiger charge is -2.17. The summed E-state index contributed by atoms with van der Waals surface area (Å²) in [7, 11) is 0. The van der Waals surface area contributed by atoms with Gasteiger partial charge in [-0.3, -0.25) is 4.79 Å². The van der Waals surface area contributed by atoms with Gasteiger partial charge in [0.05, 0.1) is 18.1 Å². The normalized spacial score (nSPS) is 32.1. The molecule has 0 saturated carbocycles. The van der Waals surface area contributed by atoms with Gasteiger partial charge in [-0.05, 0) is 32.6 Å². The topological polar surface area (TPSA) is 38.3 Å². The third-order valence-electron chi connectivity index (χ3n) is 3.59. The molecule has 0 spiro atoms. The third-order valence-corrected chi connectivity index (χ3v) is 3.59. The van der Waals surface area contributed by atoms with Crippen LogP contribution in [0.15, 0.2) is 0 Å². The van der Waals surface area contributed by atoms with Gasteiger partial charge in [0, 0.05) is 13.0 Å². The lowest BCUT2D eigenvalue weighted by atomic mass is 9.89. The molecule has 1 heterocycles. The molecule has 0 aromatic heterocycles. The smallest absolute Gasteiger partial charge is 0.226 e. The fourth-order valence-electron chi connectivity index (χ4n) is 2.40. The standard InChI is InChI=1S/C14H23NO2/c1-5-6-7-8-9-15-14(16)13-10(2)11(3)17-12(13)4/h1,10-13H,6-9H2,2-4H3,(H,15,16). The second-order valence-electron chi connectivity index (χ2n) is 4.88. The molecule has 1 aliphatic heterocycles. The predicted molar refractivity (Wildman–Crippen MR) is 68.4 cm³/mol. The van der Waals surface area contributed by atoms with E-state index < -0.39 is 0 Å². The molecule has 4 unspecified atom stereocenters. The Labute approximate surface area is 104 Å². The van der Waals surface area contributed by atoms with E-state index in [0.717, 1.165) is 19.3 Å². The van der Waals surface area contributed by atoms with Crippen molar-refractivity contribution in [1.29, 1.82) is 0 Å². The number of hydrogen-bond donors (Lipinski definition) is 1. The zero-order valence-corrected chi connectivity index (χ0v) is 11.0. The van der Waals surface area contributed by atoms with Crippen LogP contribution in [0.5, 0.6) is 0 Å². The zero-order chi connectivity index (χ0) is 12.8. The third kappa shape index (κ3) is 3.74. The Hall–Kier alpha value is -1.01. The summed E-state index contributed by atoms with van der Waals surface area (Å²) >= 11 is 0. The van der Waals surface area contributed by atoms with Crippen molar-refractivity contribution in [1.82, 2.24) is 5.32 Å². The summed E-state index contributed by atoms with van der Waals surface area (Å²) in [5.41, 5.74) is 0. The fourth-order valence-corrected chi connectivity index (χ4v) is 2.40. The van der Waals surface area contributed by atoms with Crippen LogP contribution in [0.3, 0.4) is 0 Å². The number of carbonyl (C=O) groups is 1. The highest BCUT2D eigenvalue weighted by molar-refractivity contribution is 5.79. The molecule has 1 amide bonds. The van der Waals surface area contributed by atoms with Crippen LogP contribution < -0.4 is 5.32 Å². The van der Waals surface area contributed by atoms with Gasteiger partial charge in [-0.25, -0.2) is 0 Å². The fraction of sp³-hybridized carbons (Fsp3) is 0.786. The van der Waals surface area contributed by atoms with Crippen molar-refractivity contribution in [3.63, 3.8) is 0 Å². The van der Waals surface area contributed by atoms with Crippen LogP contribution in [0, 0.1) is 24.2 Å². The molecule has 1 N–H and O–H groups in total. The summed E-state index contributed by atoms with van der Waals surface area (Å²) in [6.07, 6.45) is 8.06. The van der Waals surface area contributed by atoms with E-state index in [2.05, 4.69) is 18.2 Å². The molecule has 0 bridgehead atoms. The van der Waals surface area contributed by atoms with Gasteiger partial charge in [-0.15, -0.1) is 12.3 Å². The first-order valence-electron chi connectivity index (χ1n) is 6.44. The summed E-state index contributed by atoms with van der Waals surface area (Å²) in [5, 5.41) is 2.98. The number of ether oxygens (including phenoxy) is 1. The number of amides is 1. The molecule has 3 heteroatoms. The zero-order valence-electron chi connectivity index (χ0n) is 11.0. The molecule has 1 aliphatic rings. The van der Waals surface area contributed by atoms with Crippen molar-refractivity contribution in [2.24, 2.45) is 11.8 Å². The molecule has 0 aliphatic carbocycles. The van der Waals surface area contributed by atoms with E-state index in [1.54, 1.807) is 0 Å². The van der Waals surface area contributed by atoms with Crippen LogP contribution in [0.1, 0.15) is 40.0 Å². The van der Waals surface area contributed by atoms with E-state index in [1.165, 1.54) is 0 Å².